The maximum absolute atomic E-state index is 12.7. The van der Waals surface area contributed by atoms with E-state index in [1.54, 1.807) is 0 Å². The maximum Gasteiger partial charge on any atom is 0.221 e. The largest absolute Gasteiger partial charge is 0.345 e. The van der Waals surface area contributed by atoms with Crippen molar-refractivity contribution in [3.63, 3.8) is 0 Å². The van der Waals surface area contributed by atoms with Gasteiger partial charge in [-0.05, 0) is 55.0 Å². The molecular weight excluding hydrogens is 330 g/mol. The van der Waals surface area contributed by atoms with Gasteiger partial charge in [0.05, 0.1) is 6.04 Å². The third-order valence-electron chi connectivity index (χ3n) is 5.03. The highest BCUT2D eigenvalue weighted by atomic mass is 16.1. The predicted octanol–water partition coefficient (Wildman–Crippen LogP) is 5.45. The lowest BCUT2D eigenvalue weighted by atomic mass is 9.97. The van der Waals surface area contributed by atoms with Crippen LogP contribution in [0, 0.1) is 20.8 Å². The van der Waals surface area contributed by atoms with Gasteiger partial charge in [0.1, 0.15) is 0 Å². The highest BCUT2D eigenvalue weighted by Crippen LogP contribution is 2.23. The standard InChI is InChI=1S/C25H27NO/c1-18-8-7-11-23(16-18)25(22-9-5-4-6-10-22)26-24(27)15-14-21-13-12-19(2)20(3)17-21/h4-13,16-17,25H,14-15H2,1-3H3,(H,26,27)/t25-/m0/s1. The highest BCUT2D eigenvalue weighted by molar-refractivity contribution is 5.77. The van der Waals surface area contributed by atoms with Crippen molar-refractivity contribution in [1.82, 2.24) is 5.32 Å². The monoisotopic (exact) mass is 357 g/mol. The lowest BCUT2D eigenvalue weighted by molar-refractivity contribution is -0.121. The van der Waals surface area contributed by atoms with Gasteiger partial charge in [0.2, 0.25) is 5.91 Å². The fourth-order valence-electron chi connectivity index (χ4n) is 3.30. The van der Waals surface area contributed by atoms with Crippen molar-refractivity contribution in [2.24, 2.45) is 0 Å². The Morgan fingerprint density at radius 2 is 1.56 bits per heavy atom. The molecule has 1 atom stereocenters. The van der Waals surface area contributed by atoms with Crippen LogP contribution in [-0.2, 0) is 11.2 Å². The molecule has 0 saturated carbocycles. The topological polar surface area (TPSA) is 29.1 Å². The zero-order valence-electron chi connectivity index (χ0n) is 16.3. The average Bonchev–Trinajstić information content (AvgIpc) is 2.67. The summed E-state index contributed by atoms with van der Waals surface area (Å²) < 4.78 is 0. The summed E-state index contributed by atoms with van der Waals surface area (Å²) in [6.07, 6.45) is 1.24. The molecule has 3 aromatic carbocycles. The fourth-order valence-corrected chi connectivity index (χ4v) is 3.30. The summed E-state index contributed by atoms with van der Waals surface area (Å²) in [5.74, 6) is 0.0728. The smallest absolute Gasteiger partial charge is 0.221 e. The van der Waals surface area contributed by atoms with Gasteiger partial charge < -0.3 is 5.32 Å². The van der Waals surface area contributed by atoms with Gasteiger partial charge in [0, 0.05) is 6.42 Å². The second kappa shape index (κ2) is 8.68. The molecule has 0 unspecified atom stereocenters. The molecular formula is C25H27NO. The number of hydrogen-bond acceptors (Lipinski definition) is 1. The van der Waals surface area contributed by atoms with Gasteiger partial charge in [0.25, 0.3) is 0 Å². The SMILES string of the molecule is Cc1cccc([C@@H](NC(=O)CCc2ccc(C)c(C)c2)c2ccccc2)c1. The normalized spacial score (nSPS) is 11.8. The van der Waals surface area contributed by atoms with Crippen LogP contribution in [0.5, 0.6) is 0 Å². The molecule has 1 amide bonds. The van der Waals surface area contributed by atoms with Gasteiger partial charge in [-0.1, -0.05) is 78.4 Å². The molecule has 0 saturated heterocycles. The summed E-state index contributed by atoms with van der Waals surface area (Å²) in [6.45, 7) is 6.30. The molecule has 0 heterocycles. The van der Waals surface area contributed by atoms with Gasteiger partial charge in [-0.25, -0.2) is 0 Å². The van der Waals surface area contributed by atoms with E-state index in [0.29, 0.717) is 6.42 Å². The van der Waals surface area contributed by atoms with Crippen LogP contribution in [0.3, 0.4) is 0 Å². The van der Waals surface area contributed by atoms with Crippen molar-refractivity contribution >= 4 is 5.91 Å². The third-order valence-corrected chi connectivity index (χ3v) is 5.03. The summed E-state index contributed by atoms with van der Waals surface area (Å²) in [7, 11) is 0. The van der Waals surface area contributed by atoms with E-state index in [4.69, 9.17) is 0 Å². The van der Waals surface area contributed by atoms with E-state index in [-0.39, 0.29) is 11.9 Å². The number of hydrogen-bond donors (Lipinski definition) is 1. The van der Waals surface area contributed by atoms with Crippen molar-refractivity contribution in [2.45, 2.75) is 39.7 Å². The van der Waals surface area contributed by atoms with Gasteiger partial charge in [0.15, 0.2) is 0 Å². The van der Waals surface area contributed by atoms with E-state index in [2.05, 4.69) is 74.6 Å². The Balaban J connectivity index is 1.73. The molecule has 0 spiro atoms. The zero-order valence-corrected chi connectivity index (χ0v) is 16.3. The predicted molar refractivity (Wildman–Crippen MR) is 112 cm³/mol. The molecule has 3 rings (SSSR count). The summed E-state index contributed by atoms with van der Waals surface area (Å²) in [6, 6.07) is 24.8. The van der Waals surface area contributed by atoms with Crippen LogP contribution in [0.1, 0.15) is 45.8 Å². The van der Waals surface area contributed by atoms with Crippen LogP contribution in [0.25, 0.3) is 0 Å². The number of rotatable bonds is 6. The molecule has 0 fully saturated rings. The van der Waals surface area contributed by atoms with Crippen LogP contribution < -0.4 is 5.32 Å². The van der Waals surface area contributed by atoms with Gasteiger partial charge >= 0.3 is 0 Å². The van der Waals surface area contributed by atoms with E-state index in [1.165, 1.54) is 22.3 Å². The average molecular weight is 357 g/mol. The maximum atomic E-state index is 12.7. The number of carbonyl (C=O) groups is 1. The molecule has 2 nitrogen and oxygen atoms in total. The summed E-state index contributed by atoms with van der Waals surface area (Å²) in [4.78, 5) is 12.7. The Hall–Kier alpha value is -2.87. The van der Waals surface area contributed by atoms with Crippen molar-refractivity contribution in [3.8, 4) is 0 Å². The number of nitrogens with one attached hydrogen (secondary N) is 1. The van der Waals surface area contributed by atoms with E-state index in [1.807, 2.05) is 24.3 Å². The quantitative estimate of drug-likeness (QED) is 0.624. The zero-order chi connectivity index (χ0) is 19.2. The molecule has 0 aliphatic heterocycles. The molecule has 1 N–H and O–H groups in total. The van der Waals surface area contributed by atoms with E-state index in [0.717, 1.165) is 17.5 Å². The van der Waals surface area contributed by atoms with Gasteiger partial charge in [-0.15, -0.1) is 0 Å². The molecule has 0 aliphatic carbocycles. The van der Waals surface area contributed by atoms with Crippen molar-refractivity contribution < 1.29 is 4.79 Å². The Morgan fingerprint density at radius 1 is 0.815 bits per heavy atom. The molecule has 3 aromatic rings. The Labute approximate surface area is 162 Å². The summed E-state index contributed by atoms with van der Waals surface area (Å²) in [5, 5.41) is 3.23. The van der Waals surface area contributed by atoms with E-state index >= 15 is 0 Å². The first-order valence-electron chi connectivity index (χ1n) is 9.50. The van der Waals surface area contributed by atoms with Crippen molar-refractivity contribution in [1.29, 1.82) is 0 Å². The lowest BCUT2D eigenvalue weighted by Crippen LogP contribution is -2.29. The van der Waals surface area contributed by atoms with Crippen LogP contribution in [-0.4, -0.2) is 5.91 Å². The number of amides is 1. The molecule has 0 bridgehead atoms. The minimum atomic E-state index is -0.127. The Morgan fingerprint density at radius 3 is 2.26 bits per heavy atom. The first-order chi connectivity index (χ1) is 13.0. The molecule has 2 heteroatoms. The van der Waals surface area contributed by atoms with Gasteiger partial charge in [-0.2, -0.15) is 0 Å². The number of aryl methyl sites for hydroxylation is 4. The van der Waals surface area contributed by atoms with Crippen molar-refractivity contribution in [2.75, 3.05) is 0 Å². The first kappa shape index (κ1) is 18.9. The molecule has 138 valence electrons. The molecule has 0 radical (unpaired) electrons. The molecule has 0 aromatic heterocycles. The highest BCUT2D eigenvalue weighted by Gasteiger charge is 2.16. The minimum Gasteiger partial charge on any atom is -0.345 e. The van der Waals surface area contributed by atoms with Crippen LogP contribution in [0.4, 0.5) is 0 Å². The second-order valence-electron chi connectivity index (χ2n) is 7.24. The Bertz CT molecular complexity index is 915. The molecule has 27 heavy (non-hydrogen) atoms. The van der Waals surface area contributed by atoms with Gasteiger partial charge in [-0.3, -0.25) is 4.79 Å². The fraction of sp³-hybridized carbons (Fsp3) is 0.240. The van der Waals surface area contributed by atoms with E-state index in [9.17, 15) is 4.79 Å². The first-order valence-corrected chi connectivity index (χ1v) is 9.50. The van der Waals surface area contributed by atoms with Crippen LogP contribution >= 0.6 is 0 Å². The lowest BCUT2D eigenvalue weighted by Gasteiger charge is -2.20. The number of carbonyl (C=O) groups excluding carboxylic acids is 1. The van der Waals surface area contributed by atoms with Crippen molar-refractivity contribution in [3.05, 3.63) is 106 Å². The Kier molecular flexibility index (Phi) is 6.08. The van der Waals surface area contributed by atoms with E-state index < -0.39 is 0 Å². The van der Waals surface area contributed by atoms with Crippen LogP contribution in [0.15, 0.2) is 72.8 Å². The van der Waals surface area contributed by atoms with Crippen LogP contribution in [0.2, 0.25) is 0 Å². The third kappa shape index (κ3) is 5.07. The second-order valence-corrected chi connectivity index (χ2v) is 7.24. The molecule has 0 aliphatic rings. The summed E-state index contributed by atoms with van der Waals surface area (Å²) >= 11 is 0. The summed E-state index contributed by atoms with van der Waals surface area (Å²) in [5.41, 5.74) is 7.17. The minimum absolute atomic E-state index is 0.0728. The number of benzene rings is 3.